The predicted octanol–water partition coefficient (Wildman–Crippen LogP) is 9.34. The van der Waals surface area contributed by atoms with Gasteiger partial charge in [0, 0.05) is 94.5 Å². The Kier molecular flexibility index (Phi) is 14.2. The second kappa shape index (κ2) is 20.8. The number of ketones is 3. The molecule has 6 aliphatic heterocycles. The van der Waals surface area contributed by atoms with Gasteiger partial charge in [-0.25, -0.2) is 28.1 Å². The summed E-state index contributed by atoms with van der Waals surface area (Å²) in [5.74, 6) is -1.88. The molecular formula is C60H75F9N12O3. The van der Waals surface area contributed by atoms with E-state index in [9.17, 15) is 53.9 Å². The van der Waals surface area contributed by atoms with Gasteiger partial charge < -0.3 is 43.8 Å². The normalized spacial score (nSPS) is 35.2. The highest BCUT2D eigenvalue weighted by Crippen LogP contribution is 2.58. The number of anilines is 6. The lowest BCUT2D eigenvalue weighted by atomic mass is 9.92. The number of rotatable bonds is 12. The average molecular weight is 1180 g/mol. The van der Waals surface area contributed by atoms with Crippen LogP contribution < -0.4 is 29.4 Å². The standard InChI is InChI=1S/3C20H25F3N4O/c3*1-10(28)6-13-14-7-26(8-15(13)14)18-12-4-3-5-20(22,23)17(12)24-19(25-18)27-9-16(21)11(27)2/h3*11,13-16H,3-9H2,1-2H3/t11?,13?,14-,15+,16?;2*11-,13?,14-,15+,16?/m.10/s1. The van der Waals surface area contributed by atoms with Gasteiger partial charge in [0.05, 0.1) is 37.8 Å². The van der Waals surface area contributed by atoms with Crippen LogP contribution in [0.3, 0.4) is 0 Å². The molecule has 84 heavy (non-hydrogen) atoms. The minimum Gasteiger partial charge on any atom is -0.356 e. The van der Waals surface area contributed by atoms with Crippen LogP contribution in [0.5, 0.6) is 0 Å². The Bertz CT molecular complexity index is 2780. The largest absolute Gasteiger partial charge is 0.356 e. The van der Waals surface area contributed by atoms with Gasteiger partial charge in [0.2, 0.25) is 17.8 Å². The molecular weight excluding hydrogens is 1110 g/mol. The number of carbonyl (C=O) groups excluding carboxylic acids is 3. The van der Waals surface area contributed by atoms with Crippen LogP contribution in [0, 0.1) is 53.3 Å². The molecule has 15 rings (SSSR count). The van der Waals surface area contributed by atoms with Crippen molar-refractivity contribution in [2.45, 2.75) is 173 Å². The minimum atomic E-state index is -2.97. The molecule has 6 aliphatic carbocycles. The van der Waals surface area contributed by atoms with E-state index in [1.54, 1.807) is 56.2 Å². The molecule has 0 bridgehead atoms. The van der Waals surface area contributed by atoms with Crippen molar-refractivity contribution in [3.05, 3.63) is 33.8 Å². The summed E-state index contributed by atoms with van der Waals surface area (Å²) >= 11 is 0. The molecule has 24 heteroatoms. The molecule has 12 aliphatic rings. The van der Waals surface area contributed by atoms with Crippen molar-refractivity contribution in [1.29, 1.82) is 0 Å². The van der Waals surface area contributed by atoms with E-state index in [0.29, 0.717) is 145 Å². The summed E-state index contributed by atoms with van der Waals surface area (Å²) in [5, 5.41) is 0. The zero-order valence-electron chi connectivity index (χ0n) is 48.5. The van der Waals surface area contributed by atoms with E-state index in [4.69, 9.17) is 0 Å². The highest BCUT2D eigenvalue weighted by molar-refractivity contribution is 5.77. The summed E-state index contributed by atoms with van der Waals surface area (Å²) in [6.07, 6.45) is 1.16. The van der Waals surface area contributed by atoms with Crippen molar-refractivity contribution in [1.82, 2.24) is 29.9 Å². The molecule has 456 valence electrons. The van der Waals surface area contributed by atoms with Crippen molar-refractivity contribution in [3.63, 3.8) is 0 Å². The third-order valence-corrected chi connectivity index (χ3v) is 21.2. The van der Waals surface area contributed by atoms with E-state index in [-0.39, 0.29) is 91.2 Å². The quantitative estimate of drug-likeness (QED) is 0.159. The number of piperidine rings is 3. The van der Waals surface area contributed by atoms with Crippen molar-refractivity contribution in [2.24, 2.45) is 53.3 Å². The smallest absolute Gasteiger partial charge is 0.290 e. The van der Waals surface area contributed by atoms with Crippen LogP contribution in [0.2, 0.25) is 0 Å². The van der Waals surface area contributed by atoms with Gasteiger partial charge in [0.1, 0.15) is 70.4 Å². The Balaban J connectivity index is 0.000000118. The van der Waals surface area contributed by atoms with Gasteiger partial charge >= 0.3 is 0 Å². The second-order valence-electron chi connectivity index (χ2n) is 26.8. The first-order valence-electron chi connectivity index (χ1n) is 30.6. The van der Waals surface area contributed by atoms with Crippen molar-refractivity contribution >= 4 is 52.6 Å². The van der Waals surface area contributed by atoms with Gasteiger partial charge in [-0.15, -0.1) is 0 Å². The average Bonchev–Trinajstić information content (AvgIpc) is 1.53. The van der Waals surface area contributed by atoms with Crippen LogP contribution in [0.25, 0.3) is 0 Å². The number of hydrogen-bond acceptors (Lipinski definition) is 15. The lowest BCUT2D eigenvalue weighted by Gasteiger charge is -2.43. The third-order valence-electron chi connectivity index (χ3n) is 21.2. The highest BCUT2D eigenvalue weighted by Gasteiger charge is 2.59. The van der Waals surface area contributed by atoms with Gasteiger partial charge in [-0.3, -0.25) is 0 Å². The molecule has 3 saturated carbocycles. The van der Waals surface area contributed by atoms with Gasteiger partial charge in [0.15, 0.2) is 0 Å². The fourth-order valence-corrected chi connectivity index (χ4v) is 15.8. The maximum atomic E-state index is 14.7. The van der Waals surface area contributed by atoms with Gasteiger partial charge in [-0.2, -0.15) is 41.3 Å². The molecule has 9 heterocycles. The maximum absolute atomic E-state index is 14.7. The summed E-state index contributed by atoms with van der Waals surface area (Å²) < 4.78 is 129. The number of aromatic nitrogens is 6. The topological polar surface area (TPSA) is 148 Å². The van der Waals surface area contributed by atoms with Crippen LogP contribution >= 0.6 is 0 Å². The number of Topliss-reactive ketones (excluding diaryl/α,β-unsaturated/α-hetero) is 3. The third kappa shape index (κ3) is 10.1. The molecule has 0 N–H and O–H groups in total. The number of nitrogens with zero attached hydrogens (tertiary/aromatic N) is 12. The molecule has 15 atom stereocenters. The van der Waals surface area contributed by atoms with E-state index in [2.05, 4.69) is 44.6 Å². The van der Waals surface area contributed by atoms with E-state index in [1.807, 2.05) is 0 Å². The number of carbonyl (C=O) groups is 3. The lowest BCUT2D eigenvalue weighted by molar-refractivity contribution is -0.118. The first-order valence-corrected chi connectivity index (χ1v) is 30.6. The zero-order valence-corrected chi connectivity index (χ0v) is 48.5. The second-order valence-corrected chi connectivity index (χ2v) is 26.8. The Labute approximate surface area is 483 Å². The SMILES string of the molecule is CC(=O)CC1[C@H]2CN(c3nc(N4CC(F)C4C)nc4c3CCCC4(F)F)C[C@@H]12.CC(=O)CC1[C@H]2CN(c3nc(N4CC(F)[C@@H]4C)nc4c3CCCC4(F)F)C[C@@H]12.CC(=O)CC1[C@H]2CN(c3nc(N4CC(F)[C@H]4C)nc4c3CCCC4(F)F)C[C@@H]12. The van der Waals surface area contributed by atoms with E-state index >= 15 is 0 Å². The summed E-state index contributed by atoms with van der Waals surface area (Å²) in [7, 11) is 0. The van der Waals surface area contributed by atoms with Crippen LogP contribution in [0.1, 0.15) is 133 Å². The molecule has 6 saturated heterocycles. The van der Waals surface area contributed by atoms with Gasteiger partial charge in [-0.05, 0) is 133 Å². The fraction of sp³-hybridized carbons (Fsp3) is 0.750. The molecule has 9 fully saturated rings. The highest BCUT2D eigenvalue weighted by atomic mass is 19.3. The predicted molar refractivity (Wildman–Crippen MR) is 296 cm³/mol. The Morgan fingerprint density at radius 3 is 0.845 bits per heavy atom. The summed E-state index contributed by atoms with van der Waals surface area (Å²) in [5.41, 5.74) is 1.13. The number of fused-ring (bicyclic) bond motifs is 6. The number of alkyl halides is 9. The van der Waals surface area contributed by atoms with Crippen molar-refractivity contribution < 1.29 is 53.9 Å². The molecule has 0 radical (unpaired) electrons. The van der Waals surface area contributed by atoms with Crippen molar-refractivity contribution in [2.75, 3.05) is 88.3 Å². The molecule has 15 nitrogen and oxygen atoms in total. The van der Waals surface area contributed by atoms with E-state index < -0.39 is 54.4 Å². The van der Waals surface area contributed by atoms with Crippen LogP contribution in [0.15, 0.2) is 0 Å². The van der Waals surface area contributed by atoms with Gasteiger partial charge in [-0.1, -0.05) is 0 Å². The lowest BCUT2D eigenvalue weighted by Crippen LogP contribution is -2.57. The zero-order chi connectivity index (χ0) is 59.4. The molecule has 0 aromatic carbocycles. The van der Waals surface area contributed by atoms with Gasteiger partial charge in [0.25, 0.3) is 17.8 Å². The summed E-state index contributed by atoms with van der Waals surface area (Å²) in [6.45, 7) is 15.0. The van der Waals surface area contributed by atoms with E-state index in [0.717, 1.165) is 39.3 Å². The molecule has 0 spiro atoms. The van der Waals surface area contributed by atoms with Crippen molar-refractivity contribution in [3.8, 4) is 0 Å². The van der Waals surface area contributed by atoms with E-state index in [1.165, 1.54) is 0 Å². The van der Waals surface area contributed by atoms with Crippen LogP contribution in [-0.4, -0.2) is 143 Å². The summed E-state index contributed by atoms with van der Waals surface area (Å²) in [6, 6.07) is -1.18. The summed E-state index contributed by atoms with van der Waals surface area (Å²) in [4.78, 5) is 72.1. The first kappa shape index (κ1) is 57.5. The number of hydrogen-bond donors (Lipinski definition) is 0. The fourth-order valence-electron chi connectivity index (χ4n) is 15.8. The molecule has 7 unspecified atom stereocenters. The molecule has 0 amide bonds. The van der Waals surface area contributed by atoms with Crippen LogP contribution in [-0.2, 0) is 51.4 Å². The molecule has 3 aromatic heterocycles. The maximum Gasteiger partial charge on any atom is 0.290 e. The number of halogens is 9. The minimum absolute atomic E-state index is 0.150. The Morgan fingerprint density at radius 2 is 0.643 bits per heavy atom. The molecule has 3 aromatic rings. The Hall–Kier alpha value is -5.58. The first-order chi connectivity index (χ1) is 39.8. The Morgan fingerprint density at radius 1 is 0.405 bits per heavy atom. The van der Waals surface area contributed by atoms with Crippen LogP contribution in [0.4, 0.5) is 74.8 Å². The monoisotopic (exact) mass is 1180 g/mol.